The molecule has 8 nitrogen and oxygen atoms in total. The second kappa shape index (κ2) is 5.63. The number of esters is 1. The van der Waals surface area contributed by atoms with E-state index < -0.39 is 46.9 Å². The molecular weight excluding hydrogens is 232 g/mol. The minimum atomic E-state index is -4.83. The maximum Gasteiger partial charge on any atom is 0.327 e. The Morgan fingerprint density at radius 3 is 2.20 bits per heavy atom. The Morgan fingerprint density at radius 1 is 1.33 bits per heavy atom. The lowest BCUT2D eigenvalue weighted by molar-refractivity contribution is -0.148. The molecule has 0 amide bonds. The molecule has 15 heavy (non-hydrogen) atoms. The highest BCUT2D eigenvalue weighted by Crippen LogP contribution is 2.07. The number of carboxylic acids is 1. The highest BCUT2D eigenvalue weighted by atomic mass is 32.2. The van der Waals surface area contributed by atoms with Crippen molar-refractivity contribution in [1.82, 2.24) is 0 Å². The van der Waals surface area contributed by atoms with E-state index in [0.717, 1.165) is 0 Å². The molecule has 0 bridgehead atoms. The monoisotopic (exact) mass is 242 g/mol. The van der Waals surface area contributed by atoms with Crippen molar-refractivity contribution in [3.63, 3.8) is 0 Å². The SMILES string of the molecule is O=C(O)CC(C(=O)OCCO)S(=O)(=O)O. The topological polar surface area (TPSA) is 138 Å². The molecule has 0 spiro atoms. The first-order valence-electron chi connectivity index (χ1n) is 3.74. The molecule has 0 aliphatic rings. The van der Waals surface area contributed by atoms with Gasteiger partial charge in [0.25, 0.3) is 10.1 Å². The zero-order chi connectivity index (χ0) is 12.1. The Bertz CT molecular complexity index is 331. The van der Waals surface area contributed by atoms with Gasteiger partial charge in [0.2, 0.25) is 0 Å². The summed E-state index contributed by atoms with van der Waals surface area (Å²) in [5.41, 5.74) is 0. The number of carboxylic acid groups (broad SMARTS) is 1. The number of aliphatic carboxylic acids is 1. The second-order valence-corrected chi connectivity index (χ2v) is 4.09. The van der Waals surface area contributed by atoms with Gasteiger partial charge in [0.05, 0.1) is 13.0 Å². The first kappa shape index (κ1) is 13.8. The van der Waals surface area contributed by atoms with Gasteiger partial charge in [-0.25, -0.2) is 0 Å². The zero-order valence-electron chi connectivity index (χ0n) is 7.49. The maximum absolute atomic E-state index is 10.9. The maximum atomic E-state index is 10.9. The largest absolute Gasteiger partial charge is 0.481 e. The summed E-state index contributed by atoms with van der Waals surface area (Å²) >= 11 is 0. The van der Waals surface area contributed by atoms with Crippen LogP contribution in [0.15, 0.2) is 0 Å². The van der Waals surface area contributed by atoms with Crippen molar-refractivity contribution in [1.29, 1.82) is 0 Å². The van der Waals surface area contributed by atoms with Crippen molar-refractivity contribution in [3.8, 4) is 0 Å². The van der Waals surface area contributed by atoms with Crippen LogP contribution in [0.25, 0.3) is 0 Å². The van der Waals surface area contributed by atoms with Crippen LogP contribution in [0.1, 0.15) is 6.42 Å². The van der Waals surface area contributed by atoms with E-state index in [1.165, 1.54) is 0 Å². The van der Waals surface area contributed by atoms with Crippen LogP contribution in [-0.2, 0) is 24.4 Å². The number of hydrogen-bond acceptors (Lipinski definition) is 6. The number of aliphatic hydroxyl groups is 1. The molecule has 0 aromatic heterocycles. The molecule has 0 rings (SSSR count). The van der Waals surface area contributed by atoms with Gasteiger partial charge in [0.15, 0.2) is 5.25 Å². The summed E-state index contributed by atoms with van der Waals surface area (Å²) in [7, 11) is -4.83. The van der Waals surface area contributed by atoms with Crippen LogP contribution in [0, 0.1) is 0 Å². The van der Waals surface area contributed by atoms with Crippen molar-refractivity contribution >= 4 is 22.1 Å². The van der Waals surface area contributed by atoms with E-state index in [1.807, 2.05) is 0 Å². The Kier molecular flexibility index (Phi) is 5.19. The van der Waals surface area contributed by atoms with Crippen LogP contribution in [0.3, 0.4) is 0 Å². The molecule has 0 aromatic carbocycles. The molecular formula is C6H10O8S. The number of ether oxygens (including phenoxy) is 1. The number of rotatable bonds is 6. The average molecular weight is 242 g/mol. The third-order valence-electron chi connectivity index (χ3n) is 1.32. The molecule has 0 heterocycles. The van der Waals surface area contributed by atoms with Gasteiger partial charge in [0.1, 0.15) is 6.61 Å². The fraction of sp³-hybridized carbons (Fsp3) is 0.667. The van der Waals surface area contributed by atoms with Gasteiger partial charge in [0, 0.05) is 0 Å². The van der Waals surface area contributed by atoms with Gasteiger partial charge in [-0.2, -0.15) is 8.42 Å². The quantitative estimate of drug-likeness (QED) is 0.368. The highest BCUT2D eigenvalue weighted by Gasteiger charge is 2.34. The molecule has 0 aliphatic heterocycles. The second-order valence-electron chi connectivity index (χ2n) is 2.49. The molecule has 0 saturated heterocycles. The predicted octanol–water partition coefficient (Wildman–Crippen LogP) is -1.75. The minimum Gasteiger partial charge on any atom is -0.481 e. The summed E-state index contributed by atoms with van der Waals surface area (Å²) in [5, 5.41) is 14.4. The summed E-state index contributed by atoms with van der Waals surface area (Å²) in [6, 6.07) is 0. The van der Waals surface area contributed by atoms with Crippen molar-refractivity contribution in [2.45, 2.75) is 11.7 Å². The van der Waals surface area contributed by atoms with Crippen LogP contribution in [0.2, 0.25) is 0 Å². The van der Waals surface area contributed by atoms with Gasteiger partial charge in [-0.15, -0.1) is 0 Å². The summed E-state index contributed by atoms with van der Waals surface area (Å²) in [5.74, 6) is -2.98. The standard InChI is InChI=1S/C6H10O8S/c7-1-2-14-6(10)4(3-5(8)9)15(11,12)13/h4,7H,1-3H2,(H,8,9)(H,11,12,13). The van der Waals surface area contributed by atoms with Crippen LogP contribution >= 0.6 is 0 Å². The predicted molar refractivity (Wildman–Crippen MR) is 45.6 cm³/mol. The van der Waals surface area contributed by atoms with Crippen LogP contribution in [0.5, 0.6) is 0 Å². The lowest BCUT2D eigenvalue weighted by Gasteiger charge is -2.10. The van der Waals surface area contributed by atoms with E-state index >= 15 is 0 Å². The number of carbonyl (C=O) groups excluding carboxylic acids is 1. The summed E-state index contributed by atoms with van der Waals surface area (Å²) in [6.45, 7) is -0.999. The van der Waals surface area contributed by atoms with Crippen molar-refractivity contribution in [3.05, 3.63) is 0 Å². The van der Waals surface area contributed by atoms with Gasteiger partial charge < -0.3 is 14.9 Å². The van der Waals surface area contributed by atoms with Crippen molar-refractivity contribution in [2.24, 2.45) is 0 Å². The van der Waals surface area contributed by atoms with Crippen LogP contribution in [-0.4, -0.2) is 53.6 Å². The fourth-order valence-electron chi connectivity index (χ4n) is 0.708. The Balaban J connectivity index is 4.64. The highest BCUT2D eigenvalue weighted by molar-refractivity contribution is 7.87. The molecule has 0 saturated carbocycles. The van der Waals surface area contributed by atoms with Gasteiger partial charge in [-0.05, 0) is 0 Å². The van der Waals surface area contributed by atoms with E-state index in [9.17, 15) is 18.0 Å². The van der Waals surface area contributed by atoms with Crippen LogP contribution in [0.4, 0.5) is 0 Å². The molecule has 1 unspecified atom stereocenters. The molecule has 0 radical (unpaired) electrons. The van der Waals surface area contributed by atoms with E-state index in [-0.39, 0.29) is 0 Å². The van der Waals surface area contributed by atoms with E-state index in [2.05, 4.69) is 4.74 Å². The van der Waals surface area contributed by atoms with Gasteiger partial charge in [-0.1, -0.05) is 0 Å². The number of hydrogen-bond donors (Lipinski definition) is 3. The van der Waals surface area contributed by atoms with Crippen molar-refractivity contribution < 1.29 is 37.5 Å². The van der Waals surface area contributed by atoms with Crippen LogP contribution < -0.4 is 0 Å². The molecule has 0 fully saturated rings. The Morgan fingerprint density at radius 2 is 1.87 bits per heavy atom. The normalized spacial score (nSPS) is 13.2. The van der Waals surface area contributed by atoms with E-state index in [1.54, 1.807) is 0 Å². The third-order valence-corrected chi connectivity index (χ3v) is 2.40. The lowest BCUT2D eigenvalue weighted by Crippen LogP contribution is -2.34. The molecule has 88 valence electrons. The van der Waals surface area contributed by atoms with Gasteiger partial charge >= 0.3 is 11.9 Å². The summed E-state index contributed by atoms with van der Waals surface area (Å²) in [6.07, 6.45) is -1.09. The zero-order valence-corrected chi connectivity index (χ0v) is 8.31. The molecule has 1 atom stereocenters. The fourth-order valence-corrected chi connectivity index (χ4v) is 1.37. The number of aliphatic hydroxyl groups excluding tert-OH is 1. The van der Waals surface area contributed by atoms with E-state index in [4.69, 9.17) is 14.8 Å². The average Bonchev–Trinajstić information content (AvgIpc) is 2.08. The first-order chi connectivity index (χ1) is 6.79. The summed E-state index contributed by atoms with van der Waals surface area (Å²) < 4.78 is 33.9. The van der Waals surface area contributed by atoms with E-state index in [0.29, 0.717) is 0 Å². The molecule has 0 aliphatic carbocycles. The molecule has 0 aromatic rings. The molecule has 3 N–H and O–H groups in total. The first-order valence-corrected chi connectivity index (χ1v) is 5.25. The smallest absolute Gasteiger partial charge is 0.327 e. The minimum absolute atomic E-state index is 0.468. The lowest BCUT2D eigenvalue weighted by atomic mass is 10.3. The van der Waals surface area contributed by atoms with Gasteiger partial charge in [-0.3, -0.25) is 14.1 Å². The van der Waals surface area contributed by atoms with Crippen molar-refractivity contribution in [2.75, 3.05) is 13.2 Å². The number of carbonyl (C=O) groups is 2. The Hall–Kier alpha value is -1.19. The molecule has 9 heteroatoms. The third kappa shape index (κ3) is 5.30. The summed E-state index contributed by atoms with van der Waals surface area (Å²) in [4.78, 5) is 21.2. The Labute approximate surface area is 85.2 Å².